The lowest BCUT2D eigenvalue weighted by atomic mass is 9.58. The van der Waals surface area contributed by atoms with Crippen LogP contribution in [0.5, 0.6) is 0 Å². The minimum atomic E-state index is -0.666. The summed E-state index contributed by atoms with van der Waals surface area (Å²) in [5.41, 5.74) is 2.31. The molecule has 0 aliphatic rings. The van der Waals surface area contributed by atoms with Crippen molar-refractivity contribution < 1.29 is 9.59 Å². The molecule has 0 radical (unpaired) electrons. The van der Waals surface area contributed by atoms with Gasteiger partial charge in [-0.25, -0.2) is 0 Å². The molecule has 26 heavy (non-hydrogen) atoms. The molecule has 0 spiro atoms. The van der Waals surface area contributed by atoms with Crippen molar-refractivity contribution in [2.45, 2.75) is 38.0 Å². The first kappa shape index (κ1) is 18.7. The number of Topliss-reactive ketones (excluding diaryl/α,β-unsaturated/α-hetero) is 2. The van der Waals surface area contributed by atoms with Gasteiger partial charge in [-0.05, 0) is 64.2 Å². The van der Waals surface area contributed by atoms with Crippen molar-refractivity contribution in [3.63, 3.8) is 0 Å². The average Bonchev–Trinajstić information content (AvgIpc) is 3.29. The molecule has 0 saturated heterocycles. The second-order valence-electron chi connectivity index (χ2n) is 6.85. The van der Waals surface area contributed by atoms with Crippen LogP contribution < -0.4 is 0 Å². The van der Waals surface area contributed by atoms with E-state index in [1.165, 1.54) is 0 Å². The monoisotopic (exact) mass is 382 g/mol. The van der Waals surface area contributed by atoms with Crippen LogP contribution in [0.2, 0.25) is 0 Å². The molecule has 0 bridgehead atoms. The van der Waals surface area contributed by atoms with Crippen LogP contribution in [0.15, 0.2) is 64.0 Å². The number of carbonyl (C=O) groups is 2. The summed E-state index contributed by atoms with van der Waals surface area (Å²) < 4.78 is 0. The highest BCUT2D eigenvalue weighted by Crippen LogP contribution is 2.50. The largest absolute Gasteiger partial charge is 0.299 e. The summed E-state index contributed by atoms with van der Waals surface area (Å²) >= 11 is 3.16. The molecule has 1 aromatic carbocycles. The normalized spacial score (nSPS) is 15.8. The van der Waals surface area contributed by atoms with Gasteiger partial charge in [-0.15, -0.1) is 0 Å². The molecule has 0 aliphatic heterocycles. The number of thiophene rings is 2. The first-order chi connectivity index (χ1) is 12.5. The molecule has 2 heterocycles. The van der Waals surface area contributed by atoms with Crippen molar-refractivity contribution in [2.24, 2.45) is 0 Å². The molecule has 3 aromatic rings. The molecule has 2 nitrogen and oxygen atoms in total. The van der Waals surface area contributed by atoms with Gasteiger partial charge in [0.25, 0.3) is 0 Å². The Kier molecular flexibility index (Phi) is 5.54. The van der Waals surface area contributed by atoms with Gasteiger partial charge in [-0.3, -0.25) is 9.59 Å². The molecular formula is C22H22O2S2. The van der Waals surface area contributed by atoms with Crippen molar-refractivity contribution in [2.75, 3.05) is 0 Å². The van der Waals surface area contributed by atoms with Crippen LogP contribution in [0, 0.1) is 0 Å². The van der Waals surface area contributed by atoms with Gasteiger partial charge in [0.15, 0.2) is 0 Å². The van der Waals surface area contributed by atoms with E-state index in [0.717, 1.165) is 16.7 Å². The molecule has 2 atom stereocenters. The number of rotatable bonds is 7. The Morgan fingerprint density at radius 2 is 1.27 bits per heavy atom. The van der Waals surface area contributed by atoms with E-state index >= 15 is 0 Å². The lowest BCUT2D eigenvalue weighted by Gasteiger charge is -2.42. The summed E-state index contributed by atoms with van der Waals surface area (Å²) in [4.78, 5) is 25.7. The predicted octanol–water partition coefficient (Wildman–Crippen LogP) is 5.81. The van der Waals surface area contributed by atoms with E-state index in [9.17, 15) is 9.59 Å². The minimum absolute atomic E-state index is 0.0798. The number of carbonyl (C=O) groups excluding carboxylic acids is 2. The van der Waals surface area contributed by atoms with Crippen molar-refractivity contribution in [3.8, 4) is 0 Å². The summed E-state index contributed by atoms with van der Waals surface area (Å²) in [7, 11) is 0. The maximum Gasteiger partial charge on any atom is 0.138 e. The van der Waals surface area contributed by atoms with E-state index in [4.69, 9.17) is 0 Å². The summed E-state index contributed by atoms with van der Waals surface area (Å²) in [5, 5.41) is 8.03. The first-order valence-corrected chi connectivity index (χ1v) is 10.5. The SMILES string of the molecule is CC(=O)C(c1ccsc1)C(C)(c1ccccc1)C(C(C)=O)c1ccsc1. The lowest BCUT2D eigenvalue weighted by molar-refractivity contribution is -0.123. The van der Waals surface area contributed by atoms with E-state index in [1.54, 1.807) is 36.5 Å². The van der Waals surface area contributed by atoms with Gasteiger partial charge in [0.1, 0.15) is 11.6 Å². The van der Waals surface area contributed by atoms with Gasteiger partial charge in [0.05, 0.1) is 11.8 Å². The third kappa shape index (κ3) is 3.31. The Balaban J connectivity index is 2.29. The standard InChI is InChI=1S/C22H22O2S2/c1-15(23)20(17-9-11-25-13-17)22(3,19-7-5-4-6-8-19)21(16(2)24)18-10-12-26-14-18/h4-14,20-21H,1-3H3. The third-order valence-electron chi connectivity index (χ3n) is 5.16. The van der Waals surface area contributed by atoms with Crippen LogP contribution in [-0.4, -0.2) is 11.6 Å². The molecule has 0 aliphatic carbocycles. The van der Waals surface area contributed by atoms with Crippen molar-refractivity contribution in [1.29, 1.82) is 0 Å². The molecule has 2 aromatic heterocycles. The lowest BCUT2D eigenvalue weighted by Crippen LogP contribution is -2.42. The Labute approximate surface area is 162 Å². The van der Waals surface area contributed by atoms with E-state index in [1.807, 2.05) is 64.0 Å². The van der Waals surface area contributed by atoms with Gasteiger partial charge in [0, 0.05) is 5.41 Å². The number of benzene rings is 1. The van der Waals surface area contributed by atoms with Gasteiger partial charge in [-0.2, -0.15) is 22.7 Å². The Hall–Kier alpha value is -2.04. The number of hydrogen-bond acceptors (Lipinski definition) is 4. The fourth-order valence-corrected chi connectivity index (χ4v) is 5.55. The van der Waals surface area contributed by atoms with Crippen LogP contribution in [0.1, 0.15) is 49.3 Å². The van der Waals surface area contributed by atoms with Crippen molar-refractivity contribution in [3.05, 3.63) is 80.7 Å². The second-order valence-corrected chi connectivity index (χ2v) is 8.41. The third-order valence-corrected chi connectivity index (χ3v) is 6.56. The zero-order chi connectivity index (χ0) is 18.7. The molecule has 2 unspecified atom stereocenters. The molecule has 0 fully saturated rings. The predicted molar refractivity (Wildman–Crippen MR) is 109 cm³/mol. The summed E-state index contributed by atoms with van der Waals surface area (Å²) in [6.07, 6.45) is 0. The van der Waals surface area contributed by atoms with Gasteiger partial charge in [0.2, 0.25) is 0 Å². The van der Waals surface area contributed by atoms with Gasteiger partial charge in [-0.1, -0.05) is 37.3 Å². The summed E-state index contributed by atoms with van der Waals surface area (Å²) in [6, 6.07) is 14.0. The topological polar surface area (TPSA) is 34.1 Å². The van der Waals surface area contributed by atoms with Crippen LogP contribution in [0.3, 0.4) is 0 Å². The molecule has 0 N–H and O–H groups in total. The van der Waals surface area contributed by atoms with Crippen LogP contribution in [-0.2, 0) is 15.0 Å². The maximum atomic E-state index is 12.9. The molecule has 3 rings (SSSR count). The molecule has 0 saturated carbocycles. The van der Waals surface area contributed by atoms with Crippen LogP contribution in [0.25, 0.3) is 0 Å². The van der Waals surface area contributed by atoms with Crippen molar-refractivity contribution >= 4 is 34.2 Å². The van der Waals surface area contributed by atoms with E-state index < -0.39 is 5.41 Å². The number of ketones is 2. The summed E-state index contributed by atoms with van der Waals surface area (Å²) in [6.45, 7) is 5.33. The Bertz CT molecular complexity index is 812. The first-order valence-electron chi connectivity index (χ1n) is 8.57. The molecule has 0 amide bonds. The molecule has 134 valence electrons. The average molecular weight is 383 g/mol. The van der Waals surface area contributed by atoms with Crippen LogP contribution in [0.4, 0.5) is 0 Å². The minimum Gasteiger partial charge on any atom is -0.299 e. The summed E-state index contributed by atoms with van der Waals surface area (Å²) in [5.74, 6) is -0.609. The van der Waals surface area contributed by atoms with Gasteiger partial charge >= 0.3 is 0 Å². The highest BCUT2D eigenvalue weighted by Gasteiger charge is 2.48. The van der Waals surface area contributed by atoms with E-state index in [0.29, 0.717) is 0 Å². The highest BCUT2D eigenvalue weighted by atomic mass is 32.1. The fourth-order valence-electron chi connectivity index (χ4n) is 4.18. The highest BCUT2D eigenvalue weighted by molar-refractivity contribution is 7.08. The Morgan fingerprint density at radius 1 is 0.808 bits per heavy atom. The zero-order valence-corrected chi connectivity index (χ0v) is 16.8. The smallest absolute Gasteiger partial charge is 0.138 e. The zero-order valence-electron chi connectivity index (χ0n) is 15.1. The Morgan fingerprint density at radius 3 is 1.62 bits per heavy atom. The quantitative estimate of drug-likeness (QED) is 0.516. The fraction of sp³-hybridized carbons (Fsp3) is 0.273. The second kappa shape index (κ2) is 7.68. The van der Waals surface area contributed by atoms with Crippen molar-refractivity contribution in [1.82, 2.24) is 0 Å². The van der Waals surface area contributed by atoms with Gasteiger partial charge < -0.3 is 0 Å². The van der Waals surface area contributed by atoms with E-state index in [2.05, 4.69) is 6.92 Å². The maximum absolute atomic E-state index is 12.9. The molecular weight excluding hydrogens is 360 g/mol. The van der Waals surface area contributed by atoms with E-state index in [-0.39, 0.29) is 23.4 Å². The molecule has 4 heteroatoms. The number of hydrogen-bond donors (Lipinski definition) is 0. The van der Waals surface area contributed by atoms with Crippen LogP contribution >= 0.6 is 22.7 Å².